The fraction of sp³-hybridized carbons (Fsp3) is 0.188. The van der Waals surface area contributed by atoms with E-state index in [4.69, 9.17) is 5.26 Å². The SMILES string of the molecule is CNC(=O)c1ccc(CN(C)c2ccc(C#N)cn2)cc1. The normalized spacial score (nSPS) is 9.76. The minimum Gasteiger partial charge on any atom is -0.355 e. The first kappa shape index (κ1) is 14.5. The fourth-order valence-corrected chi connectivity index (χ4v) is 1.94. The molecule has 0 saturated heterocycles. The highest BCUT2D eigenvalue weighted by atomic mass is 16.1. The van der Waals surface area contributed by atoms with Gasteiger partial charge in [-0.2, -0.15) is 5.26 Å². The molecule has 0 unspecified atom stereocenters. The summed E-state index contributed by atoms with van der Waals surface area (Å²) in [5.74, 6) is 0.702. The van der Waals surface area contributed by atoms with Crippen molar-refractivity contribution in [3.63, 3.8) is 0 Å². The van der Waals surface area contributed by atoms with Gasteiger partial charge in [-0.3, -0.25) is 4.79 Å². The van der Waals surface area contributed by atoms with Gasteiger partial charge in [0.05, 0.1) is 5.56 Å². The van der Waals surface area contributed by atoms with Crippen LogP contribution in [-0.2, 0) is 6.54 Å². The van der Waals surface area contributed by atoms with E-state index >= 15 is 0 Å². The molecular formula is C16H16N4O. The standard InChI is InChI=1S/C16H16N4O/c1-18-16(21)14-6-3-12(4-7-14)11-20(2)15-8-5-13(9-17)10-19-15/h3-8,10H,11H2,1-2H3,(H,18,21). The number of pyridine rings is 1. The first-order chi connectivity index (χ1) is 10.1. The molecule has 2 aromatic rings. The molecule has 1 aromatic heterocycles. The number of aromatic nitrogens is 1. The third-order valence-corrected chi connectivity index (χ3v) is 3.13. The van der Waals surface area contributed by atoms with Crippen LogP contribution in [0.1, 0.15) is 21.5 Å². The molecule has 0 radical (unpaired) electrons. The number of hydrogen-bond acceptors (Lipinski definition) is 4. The van der Waals surface area contributed by atoms with Gasteiger partial charge in [0.25, 0.3) is 5.91 Å². The second-order valence-corrected chi connectivity index (χ2v) is 4.65. The lowest BCUT2D eigenvalue weighted by molar-refractivity contribution is 0.0963. The van der Waals surface area contributed by atoms with E-state index in [1.807, 2.05) is 36.2 Å². The number of anilines is 1. The average molecular weight is 280 g/mol. The molecule has 1 N–H and O–H groups in total. The van der Waals surface area contributed by atoms with Crippen molar-refractivity contribution in [2.75, 3.05) is 19.0 Å². The summed E-state index contributed by atoms with van der Waals surface area (Å²) in [5, 5.41) is 11.3. The zero-order valence-electron chi connectivity index (χ0n) is 12.0. The molecule has 0 saturated carbocycles. The molecule has 0 fully saturated rings. The summed E-state index contributed by atoms with van der Waals surface area (Å²) in [5.41, 5.74) is 2.26. The van der Waals surface area contributed by atoms with E-state index in [1.54, 1.807) is 31.4 Å². The van der Waals surface area contributed by atoms with Gasteiger partial charge in [-0.15, -0.1) is 0 Å². The maximum atomic E-state index is 11.5. The van der Waals surface area contributed by atoms with Gasteiger partial charge in [0.1, 0.15) is 11.9 Å². The Kier molecular flexibility index (Phi) is 4.52. The molecule has 1 heterocycles. The van der Waals surface area contributed by atoms with Crippen LogP contribution in [0.15, 0.2) is 42.6 Å². The summed E-state index contributed by atoms with van der Waals surface area (Å²) in [4.78, 5) is 17.7. The smallest absolute Gasteiger partial charge is 0.251 e. The van der Waals surface area contributed by atoms with Gasteiger partial charge < -0.3 is 10.2 Å². The maximum absolute atomic E-state index is 11.5. The summed E-state index contributed by atoms with van der Waals surface area (Å²) < 4.78 is 0. The summed E-state index contributed by atoms with van der Waals surface area (Å²) in [6.07, 6.45) is 1.56. The minimum atomic E-state index is -0.0938. The number of hydrogen-bond donors (Lipinski definition) is 1. The van der Waals surface area contributed by atoms with Crippen LogP contribution < -0.4 is 10.2 Å². The number of nitrogens with zero attached hydrogens (tertiary/aromatic N) is 3. The van der Waals surface area contributed by atoms with Crippen LogP contribution in [0.3, 0.4) is 0 Å². The minimum absolute atomic E-state index is 0.0938. The average Bonchev–Trinajstić information content (AvgIpc) is 2.55. The van der Waals surface area contributed by atoms with Crippen LogP contribution in [0.5, 0.6) is 0 Å². The zero-order valence-corrected chi connectivity index (χ0v) is 12.0. The molecule has 5 nitrogen and oxygen atoms in total. The van der Waals surface area contributed by atoms with E-state index in [2.05, 4.69) is 10.3 Å². The number of benzene rings is 1. The van der Waals surface area contributed by atoms with Crippen molar-refractivity contribution < 1.29 is 4.79 Å². The summed E-state index contributed by atoms with van der Waals surface area (Å²) >= 11 is 0. The molecule has 0 aliphatic rings. The lowest BCUT2D eigenvalue weighted by atomic mass is 10.1. The number of nitrogens with one attached hydrogen (secondary N) is 1. The summed E-state index contributed by atoms with van der Waals surface area (Å²) in [6.45, 7) is 0.674. The Morgan fingerprint density at radius 3 is 2.52 bits per heavy atom. The van der Waals surface area contributed by atoms with Gasteiger partial charge in [-0.05, 0) is 29.8 Å². The number of carbonyl (C=O) groups is 1. The van der Waals surface area contributed by atoms with E-state index in [0.717, 1.165) is 11.4 Å². The number of rotatable bonds is 4. The van der Waals surface area contributed by atoms with Crippen LogP contribution in [0.25, 0.3) is 0 Å². The molecular weight excluding hydrogens is 264 g/mol. The largest absolute Gasteiger partial charge is 0.355 e. The first-order valence-corrected chi connectivity index (χ1v) is 6.52. The van der Waals surface area contributed by atoms with Crippen molar-refractivity contribution in [1.29, 1.82) is 5.26 Å². The zero-order chi connectivity index (χ0) is 15.2. The molecule has 0 atom stereocenters. The Labute approximate surface area is 123 Å². The summed E-state index contributed by atoms with van der Waals surface area (Å²) in [6, 6.07) is 13.0. The number of nitriles is 1. The Hall–Kier alpha value is -2.87. The topological polar surface area (TPSA) is 69.0 Å². The van der Waals surface area contributed by atoms with Crippen LogP contribution in [0, 0.1) is 11.3 Å². The van der Waals surface area contributed by atoms with Gasteiger partial charge in [-0.1, -0.05) is 12.1 Å². The Morgan fingerprint density at radius 1 is 1.29 bits per heavy atom. The highest BCUT2D eigenvalue weighted by Crippen LogP contribution is 2.13. The van der Waals surface area contributed by atoms with E-state index in [-0.39, 0.29) is 5.91 Å². The van der Waals surface area contributed by atoms with Crippen molar-refractivity contribution in [2.45, 2.75) is 6.54 Å². The van der Waals surface area contributed by atoms with Crippen LogP contribution in [0.4, 0.5) is 5.82 Å². The molecule has 0 spiro atoms. The highest BCUT2D eigenvalue weighted by molar-refractivity contribution is 5.93. The second kappa shape index (κ2) is 6.53. The van der Waals surface area contributed by atoms with Crippen molar-refractivity contribution >= 4 is 11.7 Å². The molecule has 0 bridgehead atoms. The van der Waals surface area contributed by atoms with Crippen LogP contribution in [0.2, 0.25) is 0 Å². The van der Waals surface area contributed by atoms with Gasteiger partial charge in [-0.25, -0.2) is 4.98 Å². The molecule has 5 heteroatoms. The van der Waals surface area contributed by atoms with Gasteiger partial charge in [0, 0.05) is 32.4 Å². The van der Waals surface area contributed by atoms with Crippen molar-refractivity contribution in [1.82, 2.24) is 10.3 Å². The first-order valence-electron chi connectivity index (χ1n) is 6.52. The third kappa shape index (κ3) is 3.57. The predicted molar refractivity (Wildman–Crippen MR) is 80.9 cm³/mol. The van der Waals surface area contributed by atoms with E-state index in [1.165, 1.54) is 0 Å². The van der Waals surface area contributed by atoms with Crippen LogP contribution in [-0.4, -0.2) is 25.0 Å². The van der Waals surface area contributed by atoms with E-state index < -0.39 is 0 Å². The van der Waals surface area contributed by atoms with E-state index in [0.29, 0.717) is 17.7 Å². The lowest BCUT2D eigenvalue weighted by Gasteiger charge is -2.18. The maximum Gasteiger partial charge on any atom is 0.251 e. The molecule has 21 heavy (non-hydrogen) atoms. The van der Waals surface area contributed by atoms with Gasteiger partial charge in [0.2, 0.25) is 0 Å². The van der Waals surface area contributed by atoms with Gasteiger partial charge >= 0.3 is 0 Å². The summed E-state index contributed by atoms with van der Waals surface area (Å²) in [7, 11) is 3.54. The number of amides is 1. The molecule has 0 aliphatic heterocycles. The fourth-order valence-electron chi connectivity index (χ4n) is 1.94. The van der Waals surface area contributed by atoms with Gasteiger partial charge in [0.15, 0.2) is 0 Å². The van der Waals surface area contributed by atoms with Crippen molar-refractivity contribution in [2.24, 2.45) is 0 Å². The second-order valence-electron chi connectivity index (χ2n) is 4.65. The Bertz CT molecular complexity index is 656. The predicted octanol–water partition coefficient (Wildman–Crippen LogP) is 1.95. The van der Waals surface area contributed by atoms with Crippen molar-refractivity contribution in [3.05, 3.63) is 59.3 Å². The van der Waals surface area contributed by atoms with Crippen LogP contribution >= 0.6 is 0 Å². The molecule has 106 valence electrons. The highest BCUT2D eigenvalue weighted by Gasteiger charge is 2.06. The molecule has 1 amide bonds. The lowest BCUT2D eigenvalue weighted by Crippen LogP contribution is -2.19. The quantitative estimate of drug-likeness (QED) is 0.929. The number of carbonyl (C=O) groups excluding carboxylic acids is 1. The molecule has 1 aromatic carbocycles. The third-order valence-electron chi connectivity index (χ3n) is 3.13. The molecule has 0 aliphatic carbocycles. The Balaban J connectivity index is 2.06. The monoisotopic (exact) mass is 280 g/mol. The Morgan fingerprint density at radius 2 is 2.00 bits per heavy atom. The molecule has 2 rings (SSSR count). The van der Waals surface area contributed by atoms with Crippen molar-refractivity contribution in [3.8, 4) is 6.07 Å². The van der Waals surface area contributed by atoms with E-state index in [9.17, 15) is 4.79 Å².